The van der Waals surface area contributed by atoms with E-state index in [1.54, 1.807) is 0 Å². The van der Waals surface area contributed by atoms with Crippen LogP contribution in [-0.4, -0.2) is 28.9 Å². The molecule has 25 heavy (non-hydrogen) atoms. The van der Waals surface area contributed by atoms with E-state index in [-0.39, 0.29) is 11.8 Å². The number of hydrogen-bond donors (Lipinski definition) is 2. The second-order valence-corrected chi connectivity index (χ2v) is 6.76. The zero-order valence-electron chi connectivity index (χ0n) is 14.0. The van der Waals surface area contributed by atoms with E-state index in [1.165, 1.54) is 0 Å². The molecule has 5 nitrogen and oxygen atoms in total. The monoisotopic (exact) mass is 335 g/mol. The van der Waals surface area contributed by atoms with Crippen LogP contribution in [0.3, 0.4) is 0 Å². The minimum atomic E-state index is -0.549. The van der Waals surface area contributed by atoms with E-state index >= 15 is 0 Å². The molecule has 5 heteroatoms. The number of para-hydroxylation sites is 1. The Kier molecular flexibility index (Phi) is 3.92. The highest BCUT2D eigenvalue weighted by molar-refractivity contribution is 6.02. The number of hydrogen-bond acceptors (Lipinski definition) is 3. The molecule has 1 saturated heterocycles. The first kappa shape index (κ1) is 15.7. The van der Waals surface area contributed by atoms with E-state index in [9.17, 15) is 9.59 Å². The maximum absolute atomic E-state index is 12.6. The van der Waals surface area contributed by atoms with Crippen LogP contribution in [0, 0.1) is 0 Å². The largest absolute Gasteiger partial charge is 0.362 e. The summed E-state index contributed by atoms with van der Waals surface area (Å²) in [4.78, 5) is 26.9. The van der Waals surface area contributed by atoms with Gasteiger partial charge in [-0.3, -0.25) is 9.59 Å². The molecular formula is C20H21N3O2. The Bertz CT molecular complexity index is 806. The number of carbonyl (C=O) groups is 2. The molecule has 1 fully saturated rings. The van der Waals surface area contributed by atoms with Crippen LogP contribution in [0.25, 0.3) is 0 Å². The van der Waals surface area contributed by atoms with Crippen molar-refractivity contribution in [1.29, 1.82) is 0 Å². The van der Waals surface area contributed by atoms with Crippen molar-refractivity contribution in [3.05, 3.63) is 65.7 Å². The smallest absolute Gasteiger partial charge is 0.255 e. The van der Waals surface area contributed by atoms with E-state index < -0.39 is 5.66 Å². The predicted molar refractivity (Wildman–Crippen MR) is 96.0 cm³/mol. The molecule has 2 aliphatic rings. The SMILES string of the molecule is O=C1N[C@@]2(CCC(=O)N(Cc3ccccc3)CC2)Nc2ccccc21. The summed E-state index contributed by atoms with van der Waals surface area (Å²) >= 11 is 0. The molecule has 2 aromatic carbocycles. The van der Waals surface area contributed by atoms with Gasteiger partial charge in [-0.05, 0) is 24.1 Å². The van der Waals surface area contributed by atoms with Gasteiger partial charge in [0.05, 0.1) is 5.56 Å². The van der Waals surface area contributed by atoms with Gasteiger partial charge in [0.1, 0.15) is 5.66 Å². The number of nitrogens with zero attached hydrogens (tertiary/aromatic N) is 1. The van der Waals surface area contributed by atoms with Gasteiger partial charge in [0.2, 0.25) is 5.91 Å². The summed E-state index contributed by atoms with van der Waals surface area (Å²) in [5.74, 6) is 0.0638. The van der Waals surface area contributed by atoms with E-state index in [1.807, 2.05) is 59.5 Å². The highest BCUT2D eigenvalue weighted by Gasteiger charge is 2.40. The molecule has 0 aliphatic carbocycles. The summed E-state index contributed by atoms with van der Waals surface area (Å²) in [6.45, 7) is 1.23. The first-order valence-electron chi connectivity index (χ1n) is 8.67. The van der Waals surface area contributed by atoms with E-state index in [0.29, 0.717) is 37.9 Å². The molecule has 0 saturated carbocycles. The van der Waals surface area contributed by atoms with E-state index in [2.05, 4.69) is 10.6 Å². The molecule has 0 bridgehead atoms. The van der Waals surface area contributed by atoms with Crippen molar-refractivity contribution in [3.63, 3.8) is 0 Å². The quantitative estimate of drug-likeness (QED) is 0.887. The summed E-state index contributed by atoms with van der Waals surface area (Å²) in [6, 6.07) is 17.5. The second-order valence-electron chi connectivity index (χ2n) is 6.76. The molecule has 4 rings (SSSR count). The Morgan fingerprint density at radius 3 is 2.52 bits per heavy atom. The van der Waals surface area contributed by atoms with Gasteiger partial charge in [0.15, 0.2) is 0 Å². The minimum absolute atomic E-state index is 0.0710. The maximum Gasteiger partial charge on any atom is 0.255 e. The van der Waals surface area contributed by atoms with Crippen molar-refractivity contribution in [1.82, 2.24) is 10.2 Å². The van der Waals surface area contributed by atoms with Crippen LogP contribution in [0.5, 0.6) is 0 Å². The molecular weight excluding hydrogens is 314 g/mol. The van der Waals surface area contributed by atoms with Crippen molar-refractivity contribution in [2.75, 3.05) is 11.9 Å². The Hall–Kier alpha value is -2.82. The fourth-order valence-corrected chi connectivity index (χ4v) is 3.64. The summed E-state index contributed by atoms with van der Waals surface area (Å²) in [5, 5.41) is 6.58. The van der Waals surface area contributed by atoms with Gasteiger partial charge in [-0.25, -0.2) is 0 Å². The van der Waals surface area contributed by atoms with Crippen molar-refractivity contribution in [2.24, 2.45) is 0 Å². The lowest BCUT2D eigenvalue weighted by Gasteiger charge is -2.39. The Morgan fingerprint density at radius 1 is 0.920 bits per heavy atom. The molecule has 2 aromatic rings. The van der Waals surface area contributed by atoms with Crippen LogP contribution < -0.4 is 10.6 Å². The van der Waals surface area contributed by atoms with Crippen molar-refractivity contribution in [2.45, 2.75) is 31.5 Å². The average molecular weight is 335 g/mol. The third kappa shape index (κ3) is 3.09. The van der Waals surface area contributed by atoms with Gasteiger partial charge in [-0.1, -0.05) is 42.5 Å². The molecule has 2 heterocycles. The molecule has 1 spiro atoms. The molecule has 0 unspecified atom stereocenters. The van der Waals surface area contributed by atoms with Gasteiger partial charge in [0.25, 0.3) is 5.91 Å². The standard InChI is InChI=1S/C20H21N3O2/c24-18-10-11-20(12-13-23(18)14-15-6-2-1-3-7-15)21-17-9-5-4-8-16(17)19(25)22-20/h1-9,21H,10-14H2,(H,22,25)/t20-/m1/s1. The van der Waals surface area contributed by atoms with Gasteiger partial charge < -0.3 is 15.5 Å². The first-order chi connectivity index (χ1) is 12.2. The summed E-state index contributed by atoms with van der Waals surface area (Å²) < 4.78 is 0. The normalized spacial score (nSPS) is 22.8. The topological polar surface area (TPSA) is 61.4 Å². The molecule has 0 aromatic heterocycles. The second kappa shape index (κ2) is 6.24. The fourth-order valence-electron chi connectivity index (χ4n) is 3.64. The summed E-state index contributed by atoms with van der Waals surface area (Å²) in [7, 11) is 0. The molecule has 0 radical (unpaired) electrons. The first-order valence-corrected chi connectivity index (χ1v) is 8.67. The van der Waals surface area contributed by atoms with Crippen LogP contribution in [0.15, 0.2) is 54.6 Å². The van der Waals surface area contributed by atoms with Crippen molar-refractivity contribution < 1.29 is 9.59 Å². The van der Waals surface area contributed by atoms with Crippen LogP contribution in [-0.2, 0) is 11.3 Å². The van der Waals surface area contributed by atoms with Gasteiger partial charge >= 0.3 is 0 Å². The highest BCUT2D eigenvalue weighted by atomic mass is 16.2. The molecule has 2 aliphatic heterocycles. The number of likely N-dealkylation sites (tertiary alicyclic amines) is 1. The molecule has 128 valence electrons. The maximum atomic E-state index is 12.6. The lowest BCUT2D eigenvalue weighted by Crippen LogP contribution is -2.57. The van der Waals surface area contributed by atoms with Crippen LogP contribution in [0.2, 0.25) is 0 Å². The van der Waals surface area contributed by atoms with Crippen molar-refractivity contribution in [3.8, 4) is 0 Å². The molecule has 1 atom stereocenters. The number of benzene rings is 2. The minimum Gasteiger partial charge on any atom is -0.362 e. The van der Waals surface area contributed by atoms with Crippen LogP contribution in [0.4, 0.5) is 5.69 Å². The number of carbonyl (C=O) groups excluding carboxylic acids is 2. The number of nitrogens with one attached hydrogen (secondary N) is 2. The predicted octanol–water partition coefficient (Wildman–Crippen LogP) is 2.75. The Labute approximate surface area is 147 Å². The van der Waals surface area contributed by atoms with Gasteiger partial charge in [-0.2, -0.15) is 0 Å². The average Bonchev–Trinajstić information content (AvgIpc) is 2.77. The number of amides is 2. The van der Waals surface area contributed by atoms with Crippen molar-refractivity contribution >= 4 is 17.5 Å². The van der Waals surface area contributed by atoms with Crippen LogP contribution >= 0.6 is 0 Å². The third-order valence-corrected chi connectivity index (χ3v) is 5.04. The van der Waals surface area contributed by atoms with Crippen LogP contribution in [0.1, 0.15) is 35.2 Å². The Morgan fingerprint density at radius 2 is 1.68 bits per heavy atom. The highest BCUT2D eigenvalue weighted by Crippen LogP contribution is 2.31. The van der Waals surface area contributed by atoms with Gasteiger partial charge in [-0.15, -0.1) is 0 Å². The number of anilines is 1. The number of fused-ring (bicyclic) bond motifs is 1. The summed E-state index contributed by atoms with van der Waals surface area (Å²) in [5.41, 5.74) is 2.07. The van der Waals surface area contributed by atoms with Gasteiger partial charge in [0, 0.05) is 31.6 Å². The Balaban J connectivity index is 1.53. The zero-order valence-corrected chi connectivity index (χ0v) is 14.0. The lowest BCUT2D eigenvalue weighted by atomic mass is 9.95. The molecule has 2 amide bonds. The van der Waals surface area contributed by atoms with E-state index in [4.69, 9.17) is 0 Å². The number of rotatable bonds is 2. The van der Waals surface area contributed by atoms with E-state index in [0.717, 1.165) is 11.3 Å². The summed E-state index contributed by atoms with van der Waals surface area (Å²) in [6.07, 6.45) is 1.70. The third-order valence-electron chi connectivity index (χ3n) is 5.04. The lowest BCUT2D eigenvalue weighted by molar-refractivity contribution is -0.131. The molecule has 2 N–H and O–H groups in total. The fraction of sp³-hybridized carbons (Fsp3) is 0.300. The zero-order chi connectivity index (χ0) is 17.3.